The molecule has 1 unspecified atom stereocenters. The van der Waals surface area contributed by atoms with Gasteiger partial charge in [-0.25, -0.2) is 22.3 Å². The molecule has 1 aromatic heterocycles. The number of sulfonamides is 1. The average Bonchev–Trinajstić information content (AvgIpc) is 3.06. The molecule has 2 fully saturated rings. The second-order valence-electron chi connectivity index (χ2n) is 9.03. The normalized spacial score (nSPS) is 27.4. The first-order valence-electron chi connectivity index (χ1n) is 11.0. The van der Waals surface area contributed by atoms with Crippen LogP contribution >= 0.6 is 0 Å². The van der Waals surface area contributed by atoms with E-state index in [9.17, 15) is 17.6 Å². The average molecular weight is 474 g/mol. The fourth-order valence-electron chi connectivity index (χ4n) is 5.38. The smallest absolute Gasteiger partial charge is 0.404 e. The molecule has 5 atom stereocenters. The third kappa shape index (κ3) is 5.97. The maximum atomic E-state index is 13.5. The molecule has 1 aromatic carbocycles. The number of rotatable bonds is 6. The lowest BCUT2D eigenvalue weighted by Gasteiger charge is -2.33. The van der Waals surface area contributed by atoms with Crippen molar-refractivity contribution >= 4 is 22.2 Å². The molecule has 7 nitrogen and oxygen atoms in total. The number of amides is 1. The highest BCUT2D eigenvalue weighted by molar-refractivity contribution is 7.88. The van der Waals surface area contributed by atoms with Crippen molar-refractivity contribution in [3.05, 3.63) is 60.2 Å². The van der Waals surface area contributed by atoms with Crippen LogP contribution in [0.2, 0.25) is 0 Å². The van der Waals surface area contributed by atoms with Gasteiger partial charge < -0.3 is 10.4 Å². The first kappa shape index (κ1) is 23.4. The fourth-order valence-corrected chi connectivity index (χ4v) is 6.19. The summed E-state index contributed by atoms with van der Waals surface area (Å²) in [5.41, 5.74) is 2.30. The topological polar surface area (TPSA) is 108 Å². The molecule has 2 saturated carbocycles. The monoisotopic (exact) mass is 473 g/mol. The minimum atomic E-state index is -3.38. The van der Waals surface area contributed by atoms with Crippen molar-refractivity contribution in [3.63, 3.8) is 0 Å². The molecule has 2 aromatic rings. The van der Waals surface area contributed by atoms with E-state index in [4.69, 9.17) is 5.11 Å². The summed E-state index contributed by atoms with van der Waals surface area (Å²) in [6.07, 6.45) is 8.73. The number of nitrogens with one attached hydrogen (secondary N) is 2. The van der Waals surface area contributed by atoms with Gasteiger partial charge in [-0.3, -0.25) is 4.98 Å². The largest absolute Gasteiger partial charge is 0.465 e. The van der Waals surface area contributed by atoms with E-state index in [1.54, 1.807) is 12.3 Å². The Bertz CT molecular complexity index is 1140. The number of fused-ring (bicyclic) bond motifs is 1. The lowest BCUT2D eigenvalue weighted by atomic mass is 9.75. The molecule has 2 aliphatic rings. The number of hydrogen-bond acceptors (Lipinski definition) is 4. The van der Waals surface area contributed by atoms with E-state index in [-0.39, 0.29) is 35.7 Å². The molecule has 0 bridgehead atoms. The summed E-state index contributed by atoms with van der Waals surface area (Å²) >= 11 is 0. The van der Waals surface area contributed by atoms with Gasteiger partial charge in [-0.05, 0) is 73.3 Å². The molecule has 176 valence electrons. The molecule has 0 radical (unpaired) electrons. The van der Waals surface area contributed by atoms with Gasteiger partial charge in [0.15, 0.2) is 0 Å². The number of aromatic nitrogens is 1. The molecule has 4 rings (SSSR count). The van der Waals surface area contributed by atoms with E-state index in [0.29, 0.717) is 12.8 Å². The molecule has 0 saturated heterocycles. The van der Waals surface area contributed by atoms with Gasteiger partial charge in [0.25, 0.3) is 0 Å². The predicted molar refractivity (Wildman–Crippen MR) is 124 cm³/mol. The van der Waals surface area contributed by atoms with E-state index < -0.39 is 16.1 Å². The standard InChI is InChI=1S/C24H28FN3O4S/c1-33(31,32)28-23-13-17-12-20(27-24(29)30)8-9-21(17)22(23)10-7-19-6-5-16(14-26-19)15-3-2-4-18(25)11-15/h2-7,10-11,14,17,20-23,27-28H,8-9,12-13H2,1H3,(H,29,30)/b10-7+/t17-,20?,21-,22+,23+/m1/s1. The number of carbonyl (C=O) groups is 1. The van der Waals surface area contributed by atoms with Crippen molar-refractivity contribution in [1.29, 1.82) is 0 Å². The van der Waals surface area contributed by atoms with E-state index in [2.05, 4.69) is 15.0 Å². The lowest BCUT2D eigenvalue weighted by Crippen LogP contribution is -2.40. The molecule has 3 N–H and O–H groups in total. The van der Waals surface area contributed by atoms with Crippen molar-refractivity contribution in [2.75, 3.05) is 6.26 Å². The Morgan fingerprint density at radius 3 is 2.67 bits per heavy atom. The first-order valence-corrected chi connectivity index (χ1v) is 12.9. The summed E-state index contributed by atoms with van der Waals surface area (Å²) in [6, 6.07) is 9.75. The van der Waals surface area contributed by atoms with Crippen molar-refractivity contribution in [1.82, 2.24) is 15.0 Å². The summed E-state index contributed by atoms with van der Waals surface area (Å²) in [5, 5.41) is 11.6. The van der Waals surface area contributed by atoms with Gasteiger partial charge in [0.2, 0.25) is 10.0 Å². The fraction of sp³-hybridized carbons (Fsp3) is 0.417. The molecule has 9 heteroatoms. The highest BCUT2D eigenvalue weighted by atomic mass is 32.2. The third-order valence-electron chi connectivity index (χ3n) is 6.68. The van der Waals surface area contributed by atoms with Crippen LogP contribution < -0.4 is 10.0 Å². The first-order chi connectivity index (χ1) is 15.7. The Labute approximate surface area is 193 Å². The molecule has 2 aliphatic carbocycles. The Morgan fingerprint density at radius 1 is 1.18 bits per heavy atom. The van der Waals surface area contributed by atoms with Gasteiger partial charge in [-0.15, -0.1) is 0 Å². The van der Waals surface area contributed by atoms with Crippen LogP contribution in [-0.2, 0) is 10.0 Å². The summed E-state index contributed by atoms with van der Waals surface area (Å²) < 4.78 is 40.2. The van der Waals surface area contributed by atoms with Crippen molar-refractivity contribution < 1.29 is 22.7 Å². The van der Waals surface area contributed by atoms with Crippen LogP contribution in [0.3, 0.4) is 0 Å². The van der Waals surface area contributed by atoms with Crippen LogP contribution in [0.5, 0.6) is 0 Å². The summed E-state index contributed by atoms with van der Waals surface area (Å²) in [7, 11) is -3.38. The highest BCUT2D eigenvalue weighted by Crippen LogP contribution is 2.47. The molecule has 1 heterocycles. The Morgan fingerprint density at radius 2 is 2.00 bits per heavy atom. The van der Waals surface area contributed by atoms with Gasteiger partial charge >= 0.3 is 6.09 Å². The van der Waals surface area contributed by atoms with E-state index in [1.165, 1.54) is 12.1 Å². The van der Waals surface area contributed by atoms with Crippen LogP contribution in [-0.4, -0.2) is 42.9 Å². The molecular weight excluding hydrogens is 445 g/mol. The Balaban J connectivity index is 1.51. The van der Waals surface area contributed by atoms with Crippen LogP contribution in [0.1, 0.15) is 31.4 Å². The van der Waals surface area contributed by atoms with Gasteiger partial charge in [-0.2, -0.15) is 0 Å². The number of halogens is 1. The van der Waals surface area contributed by atoms with Crippen LogP contribution in [0.25, 0.3) is 17.2 Å². The number of nitrogens with zero attached hydrogens (tertiary/aromatic N) is 1. The number of carboxylic acid groups (broad SMARTS) is 1. The maximum absolute atomic E-state index is 13.5. The zero-order valence-corrected chi connectivity index (χ0v) is 19.1. The lowest BCUT2D eigenvalue weighted by molar-refractivity contribution is 0.168. The van der Waals surface area contributed by atoms with Crippen molar-refractivity contribution in [3.8, 4) is 11.1 Å². The quantitative estimate of drug-likeness (QED) is 0.590. The zero-order valence-electron chi connectivity index (χ0n) is 18.3. The van der Waals surface area contributed by atoms with Crippen molar-refractivity contribution in [2.45, 2.75) is 37.8 Å². The van der Waals surface area contributed by atoms with E-state index in [0.717, 1.165) is 35.9 Å². The second-order valence-corrected chi connectivity index (χ2v) is 10.8. The van der Waals surface area contributed by atoms with Gasteiger partial charge in [0.05, 0.1) is 11.9 Å². The summed E-state index contributed by atoms with van der Waals surface area (Å²) in [4.78, 5) is 15.5. The van der Waals surface area contributed by atoms with Crippen molar-refractivity contribution in [2.24, 2.45) is 17.8 Å². The molecule has 0 spiro atoms. The minimum Gasteiger partial charge on any atom is -0.465 e. The Hall–Kier alpha value is -2.78. The SMILES string of the molecule is CS(=O)(=O)N[C@H]1C[C@H]2CC(NC(=O)O)CC[C@H]2[C@@H]1/C=C/c1ccc(-c2cccc(F)c2)cn1. The van der Waals surface area contributed by atoms with Gasteiger partial charge in [-0.1, -0.05) is 24.3 Å². The highest BCUT2D eigenvalue weighted by Gasteiger charge is 2.45. The summed E-state index contributed by atoms with van der Waals surface area (Å²) in [5.74, 6) is 0.219. The van der Waals surface area contributed by atoms with Crippen LogP contribution in [0.15, 0.2) is 48.7 Å². The maximum Gasteiger partial charge on any atom is 0.404 e. The predicted octanol–water partition coefficient (Wildman–Crippen LogP) is 3.89. The van der Waals surface area contributed by atoms with E-state index >= 15 is 0 Å². The molecule has 1 amide bonds. The zero-order chi connectivity index (χ0) is 23.6. The number of benzene rings is 1. The second kappa shape index (κ2) is 9.61. The number of pyridine rings is 1. The van der Waals surface area contributed by atoms with Crippen LogP contribution in [0, 0.1) is 23.6 Å². The molecule has 33 heavy (non-hydrogen) atoms. The van der Waals surface area contributed by atoms with Crippen LogP contribution in [0.4, 0.5) is 9.18 Å². The summed E-state index contributed by atoms with van der Waals surface area (Å²) in [6.45, 7) is 0. The Kier molecular flexibility index (Phi) is 6.81. The minimum absolute atomic E-state index is 0.000184. The third-order valence-corrected chi connectivity index (χ3v) is 7.41. The van der Waals surface area contributed by atoms with Gasteiger partial charge in [0, 0.05) is 23.8 Å². The van der Waals surface area contributed by atoms with Gasteiger partial charge in [0.1, 0.15) is 5.82 Å². The number of hydrogen-bond donors (Lipinski definition) is 3. The molecular formula is C24H28FN3O4S. The molecule has 0 aliphatic heterocycles. The van der Waals surface area contributed by atoms with E-state index in [1.807, 2.05) is 30.4 Å².